The van der Waals surface area contributed by atoms with Crippen molar-refractivity contribution in [2.45, 2.75) is 10.6 Å². The summed E-state index contributed by atoms with van der Waals surface area (Å²) < 4.78 is 15.1. The van der Waals surface area contributed by atoms with Crippen molar-refractivity contribution >= 4 is 28.9 Å². The van der Waals surface area contributed by atoms with Crippen LogP contribution in [0.3, 0.4) is 0 Å². The van der Waals surface area contributed by atoms with Crippen LogP contribution >= 0.6 is 11.8 Å². The summed E-state index contributed by atoms with van der Waals surface area (Å²) in [7, 11) is 0. The summed E-state index contributed by atoms with van der Waals surface area (Å²) in [5.74, 6) is -0.414. The summed E-state index contributed by atoms with van der Waals surface area (Å²) >= 11 is 1.22. The molecule has 7 nitrogen and oxygen atoms in total. The molecule has 0 radical (unpaired) electrons. The van der Waals surface area contributed by atoms with Crippen molar-refractivity contribution in [2.24, 2.45) is 0 Å². The molecule has 3 rings (SSSR count). The quantitative estimate of drug-likeness (QED) is 0.724. The number of fused-ring (bicyclic) bond motifs is 1. The van der Waals surface area contributed by atoms with Crippen molar-refractivity contribution < 1.29 is 9.50 Å². The number of hydrogen-bond acceptors (Lipinski definition) is 6. The predicted molar refractivity (Wildman–Crippen MR) is 69.3 cm³/mol. The number of nitrogens with one attached hydrogen (secondary N) is 1. The van der Waals surface area contributed by atoms with Crippen LogP contribution in [0.2, 0.25) is 0 Å². The zero-order valence-corrected chi connectivity index (χ0v) is 10.4. The van der Waals surface area contributed by atoms with Gasteiger partial charge in [-0.1, -0.05) is 0 Å². The number of rotatable bonds is 2. The molecule has 100 valence electrons. The lowest BCUT2D eigenvalue weighted by molar-refractivity contribution is 0.295. The van der Waals surface area contributed by atoms with E-state index in [1.165, 1.54) is 24.2 Å². The number of aromatic nitrogens is 4. The Kier molecular flexibility index (Phi) is 2.79. The van der Waals surface area contributed by atoms with E-state index >= 15 is 0 Å². The number of nitrogens with zero attached hydrogens (tertiary/aromatic N) is 3. The molecule has 0 aliphatic carbocycles. The van der Waals surface area contributed by atoms with Crippen molar-refractivity contribution in [3.05, 3.63) is 28.6 Å². The third-order valence-electron chi connectivity index (χ3n) is 2.80. The Labute approximate surface area is 110 Å². The molecule has 0 saturated carbocycles. The molecule has 1 aliphatic heterocycles. The molecular formula is C10H10FN5O2S. The Balaban J connectivity index is 2.10. The van der Waals surface area contributed by atoms with Gasteiger partial charge in [0.25, 0.3) is 5.56 Å². The lowest BCUT2D eigenvalue weighted by atomic mass is 10.3. The van der Waals surface area contributed by atoms with Gasteiger partial charge in [-0.2, -0.15) is 4.98 Å². The van der Waals surface area contributed by atoms with Gasteiger partial charge in [-0.15, -0.1) is 11.8 Å². The first kappa shape index (κ1) is 12.2. The van der Waals surface area contributed by atoms with E-state index in [-0.39, 0.29) is 18.1 Å². The highest BCUT2D eigenvalue weighted by molar-refractivity contribution is 8.00. The first-order valence-electron chi connectivity index (χ1n) is 5.46. The van der Waals surface area contributed by atoms with Crippen molar-refractivity contribution in [3.8, 4) is 0 Å². The van der Waals surface area contributed by atoms with E-state index in [1.54, 1.807) is 4.57 Å². The first-order chi connectivity index (χ1) is 9.10. The Morgan fingerprint density at radius 1 is 1.63 bits per heavy atom. The fraction of sp³-hybridized carbons (Fsp3) is 0.300. The minimum Gasteiger partial charge on any atom is -0.395 e. The van der Waals surface area contributed by atoms with Crippen LogP contribution in [0, 0.1) is 0 Å². The second-order valence-corrected chi connectivity index (χ2v) is 5.35. The molecule has 0 aromatic carbocycles. The molecule has 0 saturated heterocycles. The van der Waals surface area contributed by atoms with Gasteiger partial charge in [-0.3, -0.25) is 14.3 Å². The molecule has 9 heteroatoms. The van der Waals surface area contributed by atoms with Crippen LogP contribution in [0.15, 0.2) is 23.0 Å². The van der Waals surface area contributed by atoms with Gasteiger partial charge in [0.05, 0.1) is 18.2 Å². The average molecular weight is 283 g/mol. The van der Waals surface area contributed by atoms with Gasteiger partial charge >= 0.3 is 0 Å². The molecule has 0 amide bonds. The Morgan fingerprint density at radius 3 is 3.11 bits per heavy atom. The third-order valence-corrected chi connectivity index (χ3v) is 4.15. The van der Waals surface area contributed by atoms with Crippen LogP contribution in [-0.4, -0.2) is 36.5 Å². The fourth-order valence-corrected chi connectivity index (χ4v) is 3.05. The van der Waals surface area contributed by atoms with E-state index in [4.69, 9.17) is 10.8 Å². The Morgan fingerprint density at radius 2 is 2.42 bits per heavy atom. The minimum absolute atomic E-state index is 0.0228. The van der Waals surface area contributed by atoms with Gasteiger partial charge < -0.3 is 10.8 Å². The van der Waals surface area contributed by atoms with Gasteiger partial charge in [0, 0.05) is 0 Å². The number of nitrogen functional groups attached to an aromatic ring is 1. The first-order valence-corrected chi connectivity index (χ1v) is 6.40. The SMILES string of the molecule is Nc1nc2c(ncn2[C@H]2C=C(F)[C@@H](CO)S2)c(=O)[nH]1. The van der Waals surface area contributed by atoms with E-state index in [1.807, 2.05) is 0 Å². The number of hydrogen-bond donors (Lipinski definition) is 3. The normalized spacial score (nSPS) is 22.9. The molecule has 0 fully saturated rings. The molecule has 2 aromatic heterocycles. The smallest absolute Gasteiger partial charge is 0.280 e. The van der Waals surface area contributed by atoms with Crippen LogP contribution < -0.4 is 11.3 Å². The maximum Gasteiger partial charge on any atom is 0.280 e. The van der Waals surface area contributed by atoms with Crippen molar-refractivity contribution in [3.63, 3.8) is 0 Å². The number of nitrogens with two attached hydrogens (primary N) is 1. The van der Waals surface area contributed by atoms with E-state index < -0.39 is 22.0 Å². The second kappa shape index (κ2) is 4.35. The monoisotopic (exact) mass is 283 g/mol. The highest BCUT2D eigenvalue weighted by Gasteiger charge is 2.29. The van der Waals surface area contributed by atoms with Crippen LogP contribution in [0.4, 0.5) is 10.3 Å². The summed E-state index contributed by atoms with van der Waals surface area (Å²) in [6, 6.07) is 0. The molecule has 2 aromatic rings. The Bertz CT molecular complexity index is 724. The van der Waals surface area contributed by atoms with Crippen LogP contribution in [0.5, 0.6) is 0 Å². The van der Waals surface area contributed by atoms with Crippen molar-refractivity contribution in [2.75, 3.05) is 12.3 Å². The zero-order valence-electron chi connectivity index (χ0n) is 9.58. The number of H-pyrrole nitrogens is 1. The number of anilines is 1. The summed E-state index contributed by atoms with van der Waals surface area (Å²) in [6.07, 6.45) is 2.78. The number of imidazole rings is 1. The van der Waals surface area contributed by atoms with Gasteiger partial charge in [0.2, 0.25) is 5.95 Å². The van der Waals surface area contributed by atoms with Gasteiger partial charge in [-0.25, -0.2) is 9.37 Å². The maximum atomic E-state index is 13.5. The molecule has 0 unspecified atom stereocenters. The highest BCUT2D eigenvalue weighted by atomic mass is 32.2. The standard InChI is InChI=1S/C10H10FN5O2S/c11-4-1-6(19-5(4)2-17)16-3-13-7-8(16)14-10(12)15-9(7)18/h1,3,5-6,17H,2H2,(H3,12,14,15,18)/t5-,6-/m1/s1. The summed E-state index contributed by atoms with van der Waals surface area (Å²) in [6.45, 7) is -0.285. The highest BCUT2D eigenvalue weighted by Crippen LogP contribution is 2.41. The van der Waals surface area contributed by atoms with E-state index in [2.05, 4.69) is 15.0 Å². The molecule has 0 bridgehead atoms. The second-order valence-electron chi connectivity index (χ2n) is 4.02. The van der Waals surface area contributed by atoms with Crippen molar-refractivity contribution in [1.82, 2.24) is 19.5 Å². The van der Waals surface area contributed by atoms with Gasteiger partial charge in [0.1, 0.15) is 11.2 Å². The molecule has 2 atom stereocenters. The maximum absolute atomic E-state index is 13.5. The number of thioether (sulfide) groups is 1. The number of aromatic amines is 1. The third kappa shape index (κ3) is 1.90. The molecule has 19 heavy (non-hydrogen) atoms. The lowest BCUT2D eigenvalue weighted by Crippen LogP contribution is -2.13. The van der Waals surface area contributed by atoms with Crippen LogP contribution in [-0.2, 0) is 0 Å². The lowest BCUT2D eigenvalue weighted by Gasteiger charge is -2.11. The molecular weight excluding hydrogens is 273 g/mol. The summed E-state index contributed by atoms with van der Waals surface area (Å²) in [5, 5.41) is 8.03. The summed E-state index contributed by atoms with van der Waals surface area (Å²) in [4.78, 5) is 21.9. The minimum atomic E-state index is -0.596. The molecule has 3 heterocycles. The zero-order chi connectivity index (χ0) is 13.6. The topological polar surface area (TPSA) is 110 Å². The number of aliphatic hydroxyl groups excluding tert-OH is 1. The molecule has 1 aliphatic rings. The molecule has 0 spiro atoms. The van der Waals surface area contributed by atoms with Crippen LogP contribution in [0.1, 0.15) is 5.37 Å². The van der Waals surface area contributed by atoms with Crippen molar-refractivity contribution in [1.29, 1.82) is 0 Å². The summed E-state index contributed by atoms with van der Waals surface area (Å²) in [5.41, 5.74) is 5.49. The molecule has 4 N–H and O–H groups in total. The number of halogens is 1. The van der Waals surface area contributed by atoms with Gasteiger partial charge in [0.15, 0.2) is 11.2 Å². The van der Waals surface area contributed by atoms with E-state index in [9.17, 15) is 9.18 Å². The van der Waals surface area contributed by atoms with E-state index in [0.717, 1.165) is 0 Å². The fourth-order valence-electron chi connectivity index (χ4n) is 1.92. The average Bonchev–Trinajstić information content (AvgIpc) is 2.92. The van der Waals surface area contributed by atoms with Crippen LogP contribution in [0.25, 0.3) is 11.2 Å². The largest absolute Gasteiger partial charge is 0.395 e. The Hall–Kier alpha value is -1.87. The van der Waals surface area contributed by atoms with Gasteiger partial charge in [-0.05, 0) is 6.08 Å². The predicted octanol–water partition coefficient (Wildman–Crippen LogP) is 0.161. The number of aliphatic hydroxyl groups is 1. The van der Waals surface area contributed by atoms with E-state index in [0.29, 0.717) is 5.65 Å².